The molecular formula is C18H20F2N4O. The normalized spacial score (nSPS) is 15.3. The van der Waals surface area contributed by atoms with Gasteiger partial charge in [-0.1, -0.05) is 0 Å². The maximum Gasteiger partial charge on any atom is 0.217 e. The Labute approximate surface area is 145 Å². The number of hydrogen-bond acceptors (Lipinski definition) is 4. The maximum atomic E-state index is 13.8. The van der Waals surface area contributed by atoms with E-state index < -0.39 is 11.6 Å². The average molecular weight is 346 g/mol. The molecule has 5 nitrogen and oxygen atoms in total. The fourth-order valence-electron chi connectivity index (χ4n) is 3.01. The summed E-state index contributed by atoms with van der Waals surface area (Å²) in [6.45, 7) is 4.41. The highest BCUT2D eigenvalue weighted by molar-refractivity contribution is 5.73. The van der Waals surface area contributed by atoms with Crippen LogP contribution in [0.5, 0.6) is 0 Å². The lowest BCUT2D eigenvalue weighted by Gasteiger charge is -2.33. The highest BCUT2D eigenvalue weighted by Crippen LogP contribution is 2.26. The molecule has 1 amide bonds. The van der Waals surface area contributed by atoms with Crippen LogP contribution in [0.3, 0.4) is 0 Å². The van der Waals surface area contributed by atoms with Crippen molar-refractivity contribution in [2.75, 3.05) is 18.0 Å². The number of nitrogens with zero attached hydrogens (tertiary/aromatic N) is 3. The number of carbonyl (C=O) groups is 1. The van der Waals surface area contributed by atoms with Crippen molar-refractivity contribution in [3.8, 4) is 11.3 Å². The molecule has 1 saturated heterocycles. The van der Waals surface area contributed by atoms with Gasteiger partial charge in [0, 0.05) is 43.2 Å². The smallest absolute Gasteiger partial charge is 0.217 e. The van der Waals surface area contributed by atoms with Gasteiger partial charge >= 0.3 is 0 Å². The molecule has 0 saturated carbocycles. The fraction of sp³-hybridized carbons (Fsp3) is 0.389. The third-order valence-electron chi connectivity index (χ3n) is 4.46. The van der Waals surface area contributed by atoms with Crippen molar-refractivity contribution in [1.29, 1.82) is 0 Å². The summed E-state index contributed by atoms with van der Waals surface area (Å²) in [4.78, 5) is 21.6. The Kier molecular flexibility index (Phi) is 4.92. The van der Waals surface area contributed by atoms with E-state index in [2.05, 4.69) is 20.2 Å². The van der Waals surface area contributed by atoms with E-state index in [4.69, 9.17) is 0 Å². The molecule has 0 aliphatic carbocycles. The van der Waals surface area contributed by atoms with Gasteiger partial charge in [0.05, 0.1) is 5.69 Å². The van der Waals surface area contributed by atoms with Crippen LogP contribution in [0.1, 0.15) is 25.3 Å². The van der Waals surface area contributed by atoms with Gasteiger partial charge in [-0.3, -0.25) is 4.79 Å². The van der Waals surface area contributed by atoms with E-state index in [9.17, 15) is 13.6 Å². The molecule has 7 heteroatoms. The molecule has 0 atom stereocenters. The van der Waals surface area contributed by atoms with Gasteiger partial charge in [0.2, 0.25) is 5.91 Å². The Morgan fingerprint density at radius 3 is 2.40 bits per heavy atom. The molecule has 25 heavy (non-hydrogen) atoms. The van der Waals surface area contributed by atoms with Crippen molar-refractivity contribution in [3.05, 3.63) is 41.7 Å². The van der Waals surface area contributed by atoms with Gasteiger partial charge in [0.25, 0.3) is 0 Å². The van der Waals surface area contributed by atoms with E-state index in [1.807, 2.05) is 0 Å². The topological polar surface area (TPSA) is 58.1 Å². The van der Waals surface area contributed by atoms with Crippen LogP contribution >= 0.6 is 0 Å². The van der Waals surface area contributed by atoms with Gasteiger partial charge in [-0.2, -0.15) is 0 Å². The summed E-state index contributed by atoms with van der Waals surface area (Å²) in [5.74, 6) is -0.489. The summed E-state index contributed by atoms with van der Waals surface area (Å²) in [6, 6.07) is 4.49. The number of piperidine rings is 1. The second kappa shape index (κ2) is 7.13. The Bertz CT molecular complexity index is 765. The van der Waals surface area contributed by atoms with Crippen molar-refractivity contribution in [2.24, 2.45) is 0 Å². The van der Waals surface area contributed by atoms with Gasteiger partial charge in [-0.25, -0.2) is 18.7 Å². The molecule has 3 rings (SSSR count). The molecule has 1 aliphatic heterocycles. The molecule has 1 aromatic carbocycles. The Balaban J connectivity index is 1.78. The van der Waals surface area contributed by atoms with Crippen LogP contribution in [0.25, 0.3) is 11.3 Å². The SMILES string of the molecule is CC(=O)NC1CCN(c2cc(-c3cc(F)c(C)c(F)c3)ncn2)CC1. The van der Waals surface area contributed by atoms with Crippen molar-refractivity contribution in [1.82, 2.24) is 15.3 Å². The van der Waals surface area contributed by atoms with Crippen LogP contribution in [0, 0.1) is 18.6 Å². The molecule has 1 N–H and O–H groups in total. The highest BCUT2D eigenvalue weighted by atomic mass is 19.1. The lowest BCUT2D eigenvalue weighted by Crippen LogP contribution is -2.44. The van der Waals surface area contributed by atoms with Crippen LogP contribution in [-0.2, 0) is 4.79 Å². The molecule has 2 heterocycles. The number of anilines is 1. The number of nitrogens with one attached hydrogen (secondary N) is 1. The average Bonchev–Trinajstić information content (AvgIpc) is 2.59. The minimum Gasteiger partial charge on any atom is -0.356 e. The van der Waals surface area contributed by atoms with Crippen molar-refractivity contribution in [2.45, 2.75) is 32.7 Å². The van der Waals surface area contributed by atoms with Gasteiger partial charge in [-0.15, -0.1) is 0 Å². The minimum atomic E-state index is -0.591. The summed E-state index contributed by atoms with van der Waals surface area (Å²) >= 11 is 0. The molecule has 0 radical (unpaired) electrons. The zero-order chi connectivity index (χ0) is 18.0. The molecular weight excluding hydrogens is 326 g/mol. The van der Waals surface area contributed by atoms with Gasteiger partial charge in [-0.05, 0) is 31.9 Å². The van der Waals surface area contributed by atoms with Crippen LogP contribution in [0.2, 0.25) is 0 Å². The summed E-state index contributed by atoms with van der Waals surface area (Å²) in [7, 11) is 0. The third kappa shape index (κ3) is 3.92. The first-order valence-corrected chi connectivity index (χ1v) is 8.24. The molecule has 0 bridgehead atoms. The zero-order valence-electron chi connectivity index (χ0n) is 14.2. The van der Waals surface area contributed by atoms with Gasteiger partial charge in [0.15, 0.2) is 0 Å². The molecule has 2 aromatic rings. The zero-order valence-corrected chi connectivity index (χ0v) is 14.2. The number of hydrogen-bond donors (Lipinski definition) is 1. The summed E-state index contributed by atoms with van der Waals surface area (Å²) < 4.78 is 27.6. The number of benzene rings is 1. The highest BCUT2D eigenvalue weighted by Gasteiger charge is 2.21. The van der Waals surface area contributed by atoms with Crippen molar-refractivity contribution < 1.29 is 13.6 Å². The Hall–Kier alpha value is -2.57. The summed E-state index contributed by atoms with van der Waals surface area (Å²) in [6.07, 6.45) is 3.06. The van der Waals surface area contributed by atoms with Crippen LogP contribution in [-0.4, -0.2) is 35.0 Å². The molecule has 1 aliphatic rings. The fourth-order valence-corrected chi connectivity index (χ4v) is 3.01. The number of rotatable bonds is 3. The minimum absolute atomic E-state index is 0.00178. The van der Waals surface area contributed by atoms with E-state index in [0.717, 1.165) is 25.9 Å². The predicted octanol–water partition coefficient (Wildman–Crippen LogP) is 2.84. The predicted molar refractivity (Wildman–Crippen MR) is 91.2 cm³/mol. The van der Waals surface area contributed by atoms with Crippen molar-refractivity contribution >= 4 is 11.7 Å². The first-order chi connectivity index (χ1) is 11.9. The first-order valence-electron chi connectivity index (χ1n) is 8.24. The van der Waals surface area contributed by atoms with E-state index >= 15 is 0 Å². The van der Waals surface area contributed by atoms with Crippen LogP contribution < -0.4 is 10.2 Å². The summed E-state index contributed by atoms with van der Waals surface area (Å²) in [5.41, 5.74) is 0.863. The van der Waals surface area contributed by atoms with E-state index in [1.54, 1.807) is 6.07 Å². The monoisotopic (exact) mass is 346 g/mol. The quantitative estimate of drug-likeness (QED) is 0.928. The molecule has 0 unspecified atom stereocenters. The molecule has 0 spiro atoms. The standard InChI is InChI=1S/C18H20F2N4O/c1-11-15(19)7-13(8-16(11)20)17-9-18(22-10-21-17)24-5-3-14(4-6-24)23-12(2)25/h7-10,14H,3-6H2,1-2H3,(H,23,25). The lowest BCUT2D eigenvalue weighted by atomic mass is 10.0. The lowest BCUT2D eigenvalue weighted by molar-refractivity contribution is -0.119. The number of amides is 1. The molecule has 1 fully saturated rings. The molecule has 132 valence electrons. The first kappa shape index (κ1) is 17.3. The van der Waals surface area contributed by atoms with Gasteiger partial charge < -0.3 is 10.2 Å². The number of carbonyl (C=O) groups excluding carboxylic acids is 1. The van der Waals surface area contributed by atoms with E-state index in [0.29, 0.717) is 17.1 Å². The number of aromatic nitrogens is 2. The number of halogens is 2. The van der Waals surface area contributed by atoms with Crippen molar-refractivity contribution in [3.63, 3.8) is 0 Å². The maximum absolute atomic E-state index is 13.8. The van der Waals surface area contributed by atoms with Gasteiger partial charge in [0.1, 0.15) is 23.8 Å². The van der Waals surface area contributed by atoms with E-state index in [1.165, 1.54) is 32.3 Å². The second-order valence-electron chi connectivity index (χ2n) is 6.29. The third-order valence-corrected chi connectivity index (χ3v) is 4.46. The van der Waals surface area contributed by atoms with Crippen LogP contribution in [0.15, 0.2) is 24.5 Å². The second-order valence-corrected chi connectivity index (χ2v) is 6.29. The van der Waals surface area contributed by atoms with E-state index in [-0.39, 0.29) is 17.5 Å². The molecule has 1 aromatic heterocycles. The summed E-state index contributed by atoms with van der Waals surface area (Å²) in [5, 5.41) is 2.93. The Morgan fingerprint density at radius 2 is 1.80 bits per heavy atom. The largest absolute Gasteiger partial charge is 0.356 e. The van der Waals surface area contributed by atoms with Crippen LogP contribution in [0.4, 0.5) is 14.6 Å². The Morgan fingerprint density at radius 1 is 1.16 bits per heavy atom.